The summed E-state index contributed by atoms with van der Waals surface area (Å²) in [4.78, 5) is 54.6. The number of nitrogens with one attached hydrogen (secondary N) is 4. The Bertz CT molecular complexity index is 3790. The fourth-order valence-electron chi connectivity index (χ4n) is 10.9. The number of fused-ring (bicyclic) bond motifs is 2. The first-order chi connectivity index (χ1) is 46.7. The average molecular weight is 1550 g/mol. The molecule has 4 saturated heterocycles. The third-order valence-electron chi connectivity index (χ3n) is 16.9. The summed E-state index contributed by atoms with van der Waals surface area (Å²) in [7, 11) is -7.51. The SMILES string of the molecule is C.CC(C)(C)OC(=O)N1CCCC(CN)C1.CC(C)(C)OC(=O)N1CCCC(CNS(=O)(=O)C2CC2)C1.Cc1ccc2ncnc(Cl)c2c1.O=CC(F)(F)F.O=S(=O)(Cl)C1CC1.O=S(=O)(NCC1CCCN(c2ncnc3ccc(F)cc23)C1)C1CC1.O=S(=O)(NCC1CCCNC1)C1CC1. The monoisotopic (exact) mass is 1550 g/mol. The van der Waals surface area contributed by atoms with Crippen molar-refractivity contribution in [1.82, 2.24) is 49.2 Å². The normalized spacial score (nSPS) is 21.2. The Kier molecular flexibility index (Phi) is 33.4. The molecule has 4 unspecified atom stereocenters. The molecule has 4 aromatic rings. The smallest absolute Gasteiger partial charge is 0.444 e. The molecule has 572 valence electrons. The van der Waals surface area contributed by atoms with Gasteiger partial charge in [-0.3, -0.25) is 4.79 Å². The van der Waals surface area contributed by atoms with Crippen LogP contribution < -0.4 is 30.1 Å². The molecule has 6 heterocycles. The van der Waals surface area contributed by atoms with E-state index in [-0.39, 0.29) is 58.3 Å². The number of alkyl halides is 3. The topological polar surface area (TPSA) is 342 Å². The number of aryl methyl sites for hydroxylation is 1. The number of amides is 2. The number of likely N-dealkylation sites (tertiary alicyclic amines) is 2. The largest absolute Gasteiger partial charge is 0.446 e. The van der Waals surface area contributed by atoms with Crippen molar-refractivity contribution in [2.75, 3.05) is 83.4 Å². The van der Waals surface area contributed by atoms with Gasteiger partial charge in [-0.25, -0.2) is 81.8 Å². The molecule has 0 radical (unpaired) electrons. The maximum absolute atomic E-state index is 13.6. The summed E-state index contributed by atoms with van der Waals surface area (Å²) in [6.07, 6.45) is 11.2. The Hall–Kier alpha value is -4.97. The Labute approximate surface area is 603 Å². The Morgan fingerprint density at radius 1 is 0.604 bits per heavy atom. The van der Waals surface area contributed by atoms with Crippen LogP contribution in [0.4, 0.5) is 33.0 Å². The number of benzene rings is 2. The molecule has 0 bridgehead atoms. The van der Waals surface area contributed by atoms with Crippen LogP contribution in [0.15, 0.2) is 49.1 Å². The van der Waals surface area contributed by atoms with Gasteiger partial charge in [-0.1, -0.05) is 30.7 Å². The molecule has 2 aromatic carbocycles. The number of ether oxygens (including phenoxy) is 2. The van der Waals surface area contributed by atoms with E-state index in [0.29, 0.717) is 73.7 Å². The fourth-order valence-corrected chi connectivity index (χ4v) is 16.8. The lowest BCUT2D eigenvalue weighted by molar-refractivity contribution is -0.156. The maximum Gasteiger partial charge on any atom is 0.446 e. The lowest BCUT2D eigenvalue weighted by Gasteiger charge is -2.34. The maximum atomic E-state index is 13.6. The van der Waals surface area contributed by atoms with Crippen LogP contribution in [0.3, 0.4) is 0 Å². The number of halogens is 6. The third-order valence-corrected chi connectivity index (χ3v) is 25.0. The van der Waals surface area contributed by atoms with Crippen molar-refractivity contribution in [2.45, 2.75) is 197 Å². The van der Waals surface area contributed by atoms with Gasteiger partial charge in [-0.2, -0.15) is 13.2 Å². The predicted octanol–water partition coefficient (Wildman–Crippen LogP) is 10.1. The van der Waals surface area contributed by atoms with Crippen LogP contribution in [0.5, 0.6) is 0 Å². The van der Waals surface area contributed by atoms with Gasteiger partial charge in [0, 0.05) is 80.4 Å². The van der Waals surface area contributed by atoms with E-state index >= 15 is 0 Å². The number of sulfonamides is 3. The van der Waals surface area contributed by atoms with E-state index in [9.17, 15) is 60.8 Å². The molecular weight excluding hydrogens is 1440 g/mol. The summed E-state index contributed by atoms with van der Waals surface area (Å²) in [5.74, 6) is 1.72. The highest BCUT2D eigenvalue weighted by Gasteiger charge is 2.39. The second kappa shape index (κ2) is 38.9. The minimum atomic E-state index is -4.64. The second-order valence-electron chi connectivity index (χ2n) is 28.4. The van der Waals surface area contributed by atoms with Gasteiger partial charge in [0.25, 0.3) is 0 Å². The fraction of sp³-hybridized carbons (Fsp3) is 0.712. The van der Waals surface area contributed by atoms with Gasteiger partial charge in [0.05, 0.1) is 32.0 Å². The number of rotatable bonds is 15. The van der Waals surface area contributed by atoms with Gasteiger partial charge in [-0.05, 0) is 225 Å². The van der Waals surface area contributed by atoms with Crippen LogP contribution in [0.25, 0.3) is 21.8 Å². The molecule has 4 saturated carbocycles. The van der Waals surface area contributed by atoms with Gasteiger partial charge >= 0.3 is 18.4 Å². The number of carbonyl (C=O) groups excluding carboxylic acids is 3. The van der Waals surface area contributed by atoms with E-state index in [4.69, 9.17) is 42.3 Å². The standard InChI is InChI=1S/C17H21FN4O2S.C14H26N2O4S.C11H22N2O2.C9H7ClN2.C9H18N2O2S.C3H5ClO2S.C2HF3O.CH4/c18-13-3-6-16-15(8-13)17(20-11-19-16)22-7-1-2-12(10-22)9-21-25(23,24)14-4-5-14;1-14(2,3)20-13(17)16-8-4-5-11(10-16)9-15-21(18,19)12-6-7-12;1-11(2,3)15-10(14)13-6-4-5-9(7-12)8-13;1-6-2-3-8-7(4-6)9(10)12-5-11-8;12-14(13,9-3-4-9)11-7-8-2-1-5-10-6-8;4-7(5,6)3-1-2-3;3-2(4,5)1-6;/h3,6,8,11-12,14,21H,1-2,4-5,7,9-10H2;11-12,15H,4-10H2,1-3H3;9H,4-8,12H2,1-3H3;2-5H,1H3;8-11H,1-7H2;3H,1-2H2;1H;1H4. The van der Waals surface area contributed by atoms with Crippen LogP contribution >= 0.6 is 22.3 Å². The number of aromatic nitrogens is 4. The quantitative estimate of drug-likeness (QED) is 0.0320. The minimum absolute atomic E-state index is 0. The third kappa shape index (κ3) is 32.1. The molecule has 4 aliphatic heterocycles. The highest BCUT2D eigenvalue weighted by Crippen LogP contribution is 2.33. The molecule has 25 nitrogen and oxygen atoms in total. The van der Waals surface area contributed by atoms with Gasteiger partial charge in [0.1, 0.15) is 40.6 Å². The summed E-state index contributed by atoms with van der Waals surface area (Å²) in [5, 5.41) is 4.73. The summed E-state index contributed by atoms with van der Waals surface area (Å²) in [5.41, 5.74) is 7.47. The van der Waals surface area contributed by atoms with E-state index in [1.165, 1.54) is 30.4 Å². The first-order valence-electron chi connectivity index (χ1n) is 34.0. The summed E-state index contributed by atoms with van der Waals surface area (Å²) in [6.45, 7) is 21.7. The minimum Gasteiger partial charge on any atom is -0.444 e. The van der Waals surface area contributed by atoms with Crippen molar-refractivity contribution in [3.8, 4) is 0 Å². The zero-order valence-electron chi connectivity index (χ0n) is 58.0. The summed E-state index contributed by atoms with van der Waals surface area (Å²) >= 11 is 5.88. The molecule has 2 aromatic heterocycles. The van der Waals surface area contributed by atoms with Crippen molar-refractivity contribution < 1.29 is 75.1 Å². The number of anilines is 1. The average Bonchev–Trinajstić information content (AvgIpc) is 1.47. The van der Waals surface area contributed by atoms with Crippen LogP contribution in [0.2, 0.25) is 5.15 Å². The lowest BCUT2D eigenvalue weighted by atomic mass is 9.98. The summed E-state index contributed by atoms with van der Waals surface area (Å²) < 4.78 is 155. The Morgan fingerprint density at radius 3 is 1.47 bits per heavy atom. The lowest BCUT2D eigenvalue weighted by Crippen LogP contribution is -2.45. The number of nitrogens with zero attached hydrogens (tertiary/aromatic N) is 7. The van der Waals surface area contributed by atoms with Crippen molar-refractivity contribution in [2.24, 2.45) is 29.4 Å². The van der Waals surface area contributed by atoms with Gasteiger partial charge in [0.2, 0.25) is 45.4 Å². The van der Waals surface area contributed by atoms with Gasteiger partial charge < -0.3 is 35.2 Å². The molecule has 35 heteroatoms. The number of nitrogens with two attached hydrogens (primary N) is 1. The first kappa shape index (κ1) is 86.7. The van der Waals surface area contributed by atoms with E-state index in [0.717, 1.165) is 152 Å². The molecule has 101 heavy (non-hydrogen) atoms. The molecule has 4 atom stereocenters. The predicted molar refractivity (Wildman–Crippen MR) is 386 cm³/mol. The zero-order valence-corrected chi connectivity index (χ0v) is 62.8. The van der Waals surface area contributed by atoms with Crippen LogP contribution in [-0.2, 0) is 53.4 Å². The molecule has 12 rings (SSSR count). The van der Waals surface area contributed by atoms with Crippen molar-refractivity contribution in [3.05, 3.63) is 65.6 Å². The molecule has 8 fully saturated rings. The highest BCUT2D eigenvalue weighted by molar-refractivity contribution is 8.14. The number of hydrogen-bond donors (Lipinski definition) is 5. The zero-order chi connectivity index (χ0) is 73.9. The van der Waals surface area contributed by atoms with Gasteiger partial charge in [0.15, 0.2) is 0 Å². The molecule has 8 aliphatic rings. The molecular formula is C66H104Cl2F4N12O13S4. The molecule has 2 amide bonds. The van der Waals surface area contributed by atoms with E-state index in [1.807, 2.05) is 66.7 Å². The van der Waals surface area contributed by atoms with E-state index < -0.39 is 62.8 Å². The summed E-state index contributed by atoms with van der Waals surface area (Å²) in [6, 6.07) is 10.4. The van der Waals surface area contributed by atoms with Gasteiger partial charge in [-0.15, -0.1) is 0 Å². The highest BCUT2D eigenvalue weighted by atomic mass is 35.7. The Morgan fingerprint density at radius 2 is 1.03 bits per heavy atom. The molecule has 6 N–H and O–H groups in total. The number of aldehydes is 1. The number of carbonyl (C=O) groups is 3. The number of piperidine rings is 4. The van der Waals surface area contributed by atoms with Crippen LogP contribution in [0.1, 0.15) is 157 Å². The molecule has 0 spiro atoms. The number of hydrogen-bond acceptors (Lipinski definition) is 20. The Balaban J connectivity index is 0.000000221. The van der Waals surface area contributed by atoms with Crippen molar-refractivity contribution in [3.63, 3.8) is 0 Å². The van der Waals surface area contributed by atoms with Crippen LogP contribution in [-0.4, -0.2) is 199 Å². The van der Waals surface area contributed by atoms with Crippen LogP contribution in [0, 0.1) is 36.4 Å². The van der Waals surface area contributed by atoms with E-state index in [1.54, 1.807) is 15.9 Å². The molecule has 4 aliphatic carbocycles. The second-order valence-corrected chi connectivity index (χ2v) is 37.8. The van der Waals surface area contributed by atoms with E-state index in [2.05, 4.69) is 44.3 Å². The first-order valence-corrected chi connectivity index (χ1v) is 41.4. The van der Waals surface area contributed by atoms with Crippen molar-refractivity contribution in [1.29, 1.82) is 0 Å². The van der Waals surface area contributed by atoms with Crippen molar-refractivity contribution >= 4 is 108 Å².